The molecule has 0 heterocycles. The quantitative estimate of drug-likeness (QED) is 0.618. The van der Waals surface area contributed by atoms with Gasteiger partial charge >= 0.3 is 0 Å². The van der Waals surface area contributed by atoms with Crippen LogP contribution in [0.1, 0.15) is 27.4 Å². The van der Waals surface area contributed by atoms with Crippen molar-refractivity contribution in [1.29, 1.82) is 0 Å². The lowest BCUT2D eigenvalue weighted by Crippen LogP contribution is -1.99. The van der Waals surface area contributed by atoms with Gasteiger partial charge in [0.2, 0.25) is 0 Å². The number of hydrogen-bond donors (Lipinski definition) is 0. The summed E-state index contributed by atoms with van der Waals surface area (Å²) in [4.78, 5) is 12.4. The molecule has 0 radical (unpaired) electrons. The van der Waals surface area contributed by atoms with Crippen molar-refractivity contribution in [3.8, 4) is 0 Å². The molecular weight excluding hydrogens is 232 g/mol. The molecule has 4 rings (SSSR count). The van der Waals surface area contributed by atoms with Crippen LogP contribution in [0.2, 0.25) is 0 Å². The Bertz CT molecular complexity index is 745. The first-order valence-corrected chi connectivity index (χ1v) is 6.46. The number of carbonyl (C=O) groups excluding carboxylic acids is 1. The largest absolute Gasteiger partial charge is 0.293 e. The van der Waals surface area contributed by atoms with Crippen LogP contribution in [0.4, 0.5) is 0 Å². The van der Waals surface area contributed by atoms with Gasteiger partial charge in [-0.3, -0.25) is 4.79 Å². The number of Topliss-reactive ketones (excluding diaryl/α,β-unsaturated/α-hetero) is 1. The maximum atomic E-state index is 12.4. The molecule has 1 heteroatoms. The van der Waals surface area contributed by atoms with Crippen LogP contribution in [0, 0.1) is 0 Å². The summed E-state index contributed by atoms with van der Waals surface area (Å²) in [6.07, 6.45) is 0. The van der Waals surface area contributed by atoms with Gasteiger partial charge in [-0.15, -0.1) is 0 Å². The molecule has 90 valence electrons. The van der Waals surface area contributed by atoms with E-state index in [1.807, 2.05) is 42.5 Å². The second-order valence-electron chi connectivity index (χ2n) is 4.99. The highest BCUT2D eigenvalue weighted by Gasteiger charge is 2.39. The molecule has 3 aromatic rings. The van der Waals surface area contributed by atoms with E-state index in [9.17, 15) is 4.79 Å². The first-order valence-electron chi connectivity index (χ1n) is 6.46. The predicted molar refractivity (Wildman–Crippen MR) is 76.6 cm³/mol. The Kier molecular flexibility index (Phi) is 2.10. The molecule has 1 aliphatic rings. The lowest BCUT2D eigenvalue weighted by Gasteiger charge is -1.96. The van der Waals surface area contributed by atoms with E-state index >= 15 is 0 Å². The lowest BCUT2D eigenvalue weighted by molar-refractivity contribution is 0.0988. The number of fused-ring (bicyclic) bond motifs is 2. The molecule has 0 amide bonds. The van der Waals surface area contributed by atoms with Gasteiger partial charge in [0.05, 0.1) is 5.92 Å². The fraction of sp³-hybridized carbons (Fsp3) is 0.0556. The van der Waals surface area contributed by atoms with Crippen molar-refractivity contribution in [1.82, 2.24) is 0 Å². The van der Waals surface area contributed by atoms with Crippen LogP contribution in [0.15, 0.2) is 66.7 Å². The maximum absolute atomic E-state index is 12.4. The molecule has 0 unspecified atom stereocenters. The number of rotatable bonds is 2. The zero-order chi connectivity index (χ0) is 12.8. The second kappa shape index (κ2) is 3.79. The molecule has 1 nitrogen and oxygen atoms in total. The second-order valence-corrected chi connectivity index (χ2v) is 4.99. The summed E-state index contributed by atoms with van der Waals surface area (Å²) >= 11 is 0. The van der Waals surface area contributed by atoms with Crippen LogP contribution in [-0.4, -0.2) is 5.78 Å². The van der Waals surface area contributed by atoms with Crippen LogP contribution >= 0.6 is 0 Å². The summed E-state index contributed by atoms with van der Waals surface area (Å²) in [6, 6.07) is 22.1. The molecule has 0 saturated carbocycles. The van der Waals surface area contributed by atoms with Crippen LogP contribution in [0.5, 0.6) is 0 Å². The van der Waals surface area contributed by atoms with Gasteiger partial charge in [-0.05, 0) is 34.0 Å². The highest BCUT2D eigenvalue weighted by atomic mass is 16.1. The van der Waals surface area contributed by atoms with E-state index in [1.165, 1.54) is 21.9 Å². The van der Waals surface area contributed by atoms with Crippen LogP contribution in [-0.2, 0) is 0 Å². The summed E-state index contributed by atoms with van der Waals surface area (Å²) < 4.78 is 0. The fourth-order valence-electron chi connectivity index (χ4n) is 2.75. The normalized spacial score (nSPS) is 13.3. The van der Waals surface area contributed by atoms with Gasteiger partial charge in [-0.2, -0.15) is 0 Å². The molecule has 19 heavy (non-hydrogen) atoms. The topological polar surface area (TPSA) is 17.1 Å². The predicted octanol–water partition coefficient (Wildman–Crippen LogP) is 4.17. The van der Waals surface area contributed by atoms with Crippen molar-refractivity contribution in [3.63, 3.8) is 0 Å². The van der Waals surface area contributed by atoms with Crippen molar-refractivity contribution in [2.45, 2.75) is 5.92 Å². The third-order valence-corrected chi connectivity index (χ3v) is 3.81. The molecule has 0 aromatic heterocycles. The van der Waals surface area contributed by atoms with Crippen LogP contribution in [0.3, 0.4) is 0 Å². The Morgan fingerprint density at radius 1 is 0.737 bits per heavy atom. The Labute approximate surface area is 111 Å². The standard InChI is InChI=1S/C18H12O/c19-18(12-6-2-1-3-7-12)17-15-10-13-8-4-5-9-14(13)11-16(15)17/h1-11,17H. The molecule has 0 bridgehead atoms. The number of benzene rings is 3. The Morgan fingerprint density at radius 2 is 1.26 bits per heavy atom. The smallest absolute Gasteiger partial charge is 0.174 e. The van der Waals surface area contributed by atoms with Crippen molar-refractivity contribution >= 4 is 16.6 Å². The molecule has 3 aromatic carbocycles. The van der Waals surface area contributed by atoms with Gasteiger partial charge in [-0.1, -0.05) is 54.6 Å². The van der Waals surface area contributed by atoms with E-state index in [-0.39, 0.29) is 11.7 Å². The third-order valence-electron chi connectivity index (χ3n) is 3.81. The van der Waals surface area contributed by atoms with Gasteiger partial charge in [0.25, 0.3) is 0 Å². The van der Waals surface area contributed by atoms with Gasteiger partial charge in [0.15, 0.2) is 5.78 Å². The van der Waals surface area contributed by atoms with Crippen LogP contribution < -0.4 is 0 Å². The number of carbonyl (C=O) groups is 1. The lowest BCUT2D eigenvalue weighted by atomic mass is 10.1. The fourth-order valence-corrected chi connectivity index (χ4v) is 2.75. The highest BCUT2D eigenvalue weighted by molar-refractivity contribution is 6.09. The van der Waals surface area contributed by atoms with Crippen molar-refractivity contribution in [3.05, 3.63) is 83.4 Å². The minimum Gasteiger partial charge on any atom is -0.293 e. The monoisotopic (exact) mass is 244 g/mol. The number of ketones is 1. The zero-order valence-corrected chi connectivity index (χ0v) is 10.3. The van der Waals surface area contributed by atoms with Gasteiger partial charge in [0, 0.05) is 5.56 Å². The summed E-state index contributed by atoms with van der Waals surface area (Å²) in [5, 5.41) is 2.43. The van der Waals surface area contributed by atoms with Crippen LogP contribution in [0.25, 0.3) is 10.8 Å². The van der Waals surface area contributed by atoms with E-state index < -0.39 is 0 Å². The van der Waals surface area contributed by atoms with Crippen molar-refractivity contribution < 1.29 is 4.79 Å². The molecule has 0 N–H and O–H groups in total. The number of hydrogen-bond acceptors (Lipinski definition) is 1. The third kappa shape index (κ3) is 1.59. The molecule has 0 aliphatic heterocycles. The Morgan fingerprint density at radius 3 is 1.84 bits per heavy atom. The molecule has 0 fully saturated rings. The first-order chi connectivity index (χ1) is 9.34. The summed E-state index contributed by atoms with van der Waals surface area (Å²) in [5.41, 5.74) is 3.17. The van der Waals surface area contributed by atoms with Crippen molar-refractivity contribution in [2.75, 3.05) is 0 Å². The molecular formula is C18H12O. The van der Waals surface area contributed by atoms with E-state index in [2.05, 4.69) is 24.3 Å². The van der Waals surface area contributed by atoms with Gasteiger partial charge in [-0.25, -0.2) is 0 Å². The van der Waals surface area contributed by atoms with E-state index in [0.29, 0.717) is 0 Å². The van der Waals surface area contributed by atoms with E-state index in [4.69, 9.17) is 0 Å². The average molecular weight is 244 g/mol. The Balaban J connectivity index is 1.75. The summed E-state index contributed by atoms with van der Waals surface area (Å²) in [6.45, 7) is 0. The minimum absolute atomic E-state index is 0.0187. The SMILES string of the molecule is O=C(c1ccccc1)C1c2cc3ccccc3cc21. The van der Waals surface area contributed by atoms with Gasteiger partial charge < -0.3 is 0 Å². The first kappa shape index (κ1) is 10.5. The van der Waals surface area contributed by atoms with Crippen molar-refractivity contribution in [2.24, 2.45) is 0 Å². The van der Waals surface area contributed by atoms with E-state index in [1.54, 1.807) is 0 Å². The minimum atomic E-state index is -0.0187. The zero-order valence-electron chi connectivity index (χ0n) is 10.3. The summed E-state index contributed by atoms with van der Waals surface area (Å²) in [5.74, 6) is 0.195. The molecule has 0 saturated heterocycles. The molecule has 1 aliphatic carbocycles. The molecule has 0 atom stereocenters. The van der Waals surface area contributed by atoms with Gasteiger partial charge in [0.1, 0.15) is 0 Å². The molecule has 0 spiro atoms. The maximum Gasteiger partial charge on any atom is 0.174 e. The average Bonchev–Trinajstić information content (AvgIpc) is 3.17. The van der Waals surface area contributed by atoms with E-state index in [0.717, 1.165) is 5.56 Å². The highest BCUT2D eigenvalue weighted by Crippen LogP contribution is 2.47. The summed E-state index contributed by atoms with van der Waals surface area (Å²) in [7, 11) is 0. The Hall–Kier alpha value is -2.41.